The molecule has 25 heavy (non-hydrogen) atoms. The van der Waals surface area contributed by atoms with Crippen LogP contribution < -0.4 is 4.90 Å². The molecule has 1 saturated heterocycles. The van der Waals surface area contributed by atoms with Crippen LogP contribution in [0.15, 0.2) is 41.3 Å². The average molecular weight is 382 g/mol. The first-order chi connectivity index (χ1) is 11.9. The molecule has 1 aliphatic heterocycles. The number of anilines is 1. The molecular formula is C17H20ClN3O3S. The zero-order valence-corrected chi connectivity index (χ0v) is 15.7. The van der Waals surface area contributed by atoms with Crippen LogP contribution >= 0.6 is 11.6 Å². The molecule has 1 aliphatic rings. The van der Waals surface area contributed by atoms with Crippen molar-refractivity contribution in [3.05, 3.63) is 47.4 Å². The Labute approximate surface area is 152 Å². The Morgan fingerprint density at radius 2 is 1.80 bits per heavy atom. The van der Waals surface area contributed by atoms with Crippen LogP contribution in [0.2, 0.25) is 5.28 Å². The Morgan fingerprint density at radius 1 is 1.16 bits per heavy atom. The largest absolute Gasteiger partial charge is 0.377 e. The van der Waals surface area contributed by atoms with Crippen LogP contribution in [0.1, 0.15) is 19.5 Å². The van der Waals surface area contributed by atoms with Crippen LogP contribution in [0.25, 0.3) is 0 Å². The van der Waals surface area contributed by atoms with Crippen molar-refractivity contribution in [1.29, 1.82) is 0 Å². The number of aromatic nitrogens is 2. The molecule has 0 aliphatic carbocycles. The molecule has 0 radical (unpaired) electrons. The molecular weight excluding hydrogens is 362 g/mol. The lowest BCUT2D eigenvalue weighted by molar-refractivity contribution is 0.0752. The average Bonchev–Trinajstić information content (AvgIpc) is 2.54. The predicted molar refractivity (Wildman–Crippen MR) is 96.6 cm³/mol. The lowest BCUT2D eigenvalue weighted by atomic mass is 10.1. The fourth-order valence-electron chi connectivity index (χ4n) is 3.02. The maximum atomic E-state index is 12.6. The van der Waals surface area contributed by atoms with Crippen molar-refractivity contribution in [3.63, 3.8) is 0 Å². The predicted octanol–water partition coefficient (Wildman–Crippen LogP) is 2.72. The van der Waals surface area contributed by atoms with E-state index in [1.165, 1.54) is 0 Å². The molecule has 0 bridgehead atoms. The summed E-state index contributed by atoms with van der Waals surface area (Å²) in [6, 6.07) is 10.3. The summed E-state index contributed by atoms with van der Waals surface area (Å²) in [5.41, 5.74) is 0.379. The summed E-state index contributed by atoms with van der Waals surface area (Å²) in [4.78, 5) is 10.8. The second kappa shape index (κ2) is 7.27. The van der Waals surface area contributed by atoms with Gasteiger partial charge in [-0.2, -0.15) is 0 Å². The van der Waals surface area contributed by atoms with E-state index in [9.17, 15) is 8.42 Å². The van der Waals surface area contributed by atoms with Gasteiger partial charge in [0.05, 0.1) is 41.6 Å². The summed E-state index contributed by atoms with van der Waals surface area (Å²) < 4.78 is 30.7. The lowest BCUT2D eigenvalue weighted by Crippen LogP contribution is -2.50. The Balaban J connectivity index is 1.92. The highest BCUT2D eigenvalue weighted by molar-refractivity contribution is 7.90. The van der Waals surface area contributed by atoms with E-state index >= 15 is 0 Å². The molecule has 3 rings (SSSR count). The molecule has 2 unspecified atom stereocenters. The number of nitrogens with zero attached hydrogens (tertiary/aromatic N) is 3. The molecule has 134 valence electrons. The van der Waals surface area contributed by atoms with E-state index in [0.717, 1.165) is 0 Å². The van der Waals surface area contributed by atoms with E-state index in [4.69, 9.17) is 16.3 Å². The fourth-order valence-corrected chi connectivity index (χ4v) is 4.49. The first kappa shape index (κ1) is 18.1. The van der Waals surface area contributed by atoms with E-state index in [-0.39, 0.29) is 28.0 Å². The van der Waals surface area contributed by atoms with Crippen molar-refractivity contribution in [2.75, 3.05) is 18.1 Å². The smallest absolute Gasteiger partial charge is 0.224 e. The van der Waals surface area contributed by atoms with Gasteiger partial charge < -0.3 is 9.64 Å². The molecule has 2 atom stereocenters. The number of hydrogen-bond donors (Lipinski definition) is 0. The lowest BCUT2D eigenvalue weighted by Gasteiger charge is -2.39. The summed E-state index contributed by atoms with van der Waals surface area (Å²) in [5.74, 6) is 0.404. The van der Waals surface area contributed by atoms with Crippen molar-refractivity contribution in [1.82, 2.24) is 9.97 Å². The summed E-state index contributed by atoms with van der Waals surface area (Å²) in [6.45, 7) is 5.24. The number of benzene rings is 1. The van der Waals surface area contributed by atoms with Gasteiger partial charge in [-0.3, -0.25) is 0 Å². The minimum Gasteiger partial charge on any atom is -0.377 e. The molecule has 6 nitrogen and oxygen atoms in total. The molecule has 8 heteroatoms. The number of halogens is 1. The molecule has 0 amide bonds. The van der Waals surface area contributed by atoms with Crippen LogP contribution in [0, 0.1) is 0 Å². The van der Waals surface area contributed by atoms with E-state index in [2.05, 4.69) is 14.9 Å². The molecule has 1 aromatic heterocycles. The van der Waals surface area contributed by atoms with Gasteiger partial charge in [-0.15, -0.1) is 0 Å². The first-order valence-corrected chi connectivity index (χ1v) is 10.1. The third-order valence-electron chi connectivity index (χ3n) is 4.11. The van der Waals surface area contributed by atoms with Gasteiger partial charge in [-0.05, 0) is 37.6 Å². The number of morpholine rings is 1. The summed E-state index contributed by atoms with van der Waals surface area (Å²) in [7, 11) is -3.50. The molecule has 0 N–H and O–H groups in total. The van der Waals surface area contributed by atoms with Crippen LogP contribution in [0.4, 0.5) is 5.82 Å². The monoisotopic (exact) mass is 381 g/mol. The molecule has 2 heterocycles. The fraction of sp³-hybridized carbons (Fsp3) is 0.412. The van der Waals surface area contributed by atoms with Gasteiger partial charge in [0, 0.05) is 6.07 Å². The molecule has 0 saturated carbocycles. The highest BCUT2D eigenvalue weighted by atomic mass is 35.5. The Morgan fingerprint density at radius 3 is 2.44 bits per heavy atom. The number of sulfone groups is 1. The van der Waals surface area contributed by atoms with Crippen molar-refractivity contribution < 1.29 is 13.2 Å². The Kier molecular flexibility index (Phi) is 5.27. The quantitative estimate of drug-likeness (QED) is 0.758. The van der Waals surface area contributed by atoms with E-state index in [0.29, 0.717) is 24.7 Å². The van der Waals surface area contributed by atoms with E-state index in [1.807, 2.05) is 13.8 Å². The van der Waals surface area contributed by atoms with Gasteiger partial charge >= 0.3 is 0 Å². The molecule has 1 aromatic carbocycles. The SMILES string of the molecule is CC1COCC(C)N1c1cc(CS(=O)(=O)c2ccccc2)nc(Cl)n1. The molecule has 2 aromatic rings. The maximum absolute atomic E-state index is 12.6. The van der Waals surface area contributed by atoms with Crippen LogP contribution in [-0.4, -0.2) is 43.7 Å². The van der Waals surface area contributed by atoms with Gasteiger partial charge in [0.2, 0.25) is 5.28 Å². The van der Waals surface area contributed by atoms with Gasteiger partial charge in [0.25, 0.3) is 0 Å². The molecule has 1 fully saturated rings. The number of hydrogen-bond acceptors (Lipinski definition) is 6. The van der Waals surface area contributed by atoms with Gasteiger partial charge in [0.15, 0.2) is 9.84 Å². The van der Waals surface area contributed by atoms with Crippen molar-refractivity contribution >= 4 is 27.3 Å². The van der Waals surface area contributed by atoms with E-state index < -0.39 is 9.84 Å². The zero-order chi connectivity index (χ0) is 18.0. The second-order valence-corrected chi connectivity index (χ2v) is 8.53. The third kappa shape index (κ3) is 4.11. The summed E-state index contributed by atoms with van der Waals surface area (Å²) in [5, 5.41) is 0.0432. The van der Waals surface area contributed by atoms with Crippen molar-refractivity contribution in [2.45, 2.75) is 36.6 Å². The normalized spacial score (nSPS) is 21.3. The minimum atomic E-state index is -3.50. The van der Waals surface area contributed by atoms with Crippen LogP contribution in [0.3, 0.4) is 0 Å². The number of ether oxygens (including phenoxy) is 1. The zero-order valence-electron chi connectivity index (χ0n) is 14.1. The topological polar surface area (TPSA) is 72.4 Å². The first-order valence-electron chi connectivity index (χ1n) is 8.04. The second-order valence-electron chi connectivity index (χ2n) is 6.20. The van der Waals surface area contributed by atoms with Crippen molar-refractivity contribution in [2.24, 2.45) is 0 Å². The highest BCUT2D eigenvalue weighted by Gasteiger charge is 2.28. The Bertz CT molecular complexity index is 835. The molecule has 0 spiro atoms. The van der Waals surface area contributed by atoms with Crippen LogP contribution in [0.5, 0.6) is 0 Å². The minimum absolute atomic E-state index is 0.0432. The van der Waals surface area contributed by atoms with E-state index in [1.54, 1.807) is 36.4 Å². The van der Waals surface area contributed by atoms with Gasteiger partial charge in [0.1, 0.15) is 5.82 Å². The van der Waals surface area contributed by atoms with Gasteiger partial charge in [-0.25, -0.2) is 18.4 Å². The summed E-state index contributed by atoms with van der Waals surface area (Å²) >= 11 is 6.06. The number of rotatable bonds is 4. The maximum Gasteiger partial charge on any atom is 0.224 e. The van der Waals surface area contributed by atoms with Crippen LogP contribution in [-0.2, 0) is 20.3 Å². The van der Waals surface area contributed by atoms with Gasteiger partial charge in [-0.1, -0.05) is 18.2 Å². The summed E-state index contributed by atoms with van der Waals surface area (Å²) in [6.07, 6.45) is 0. The third-order valence-corrected chi connectivity index (χ3v) is 5.95. The Hall–Kier alpha value is -1.70. The highest BCUT2D eigenvalue weighted by Crippen LogP contribution is 2.25. The van der Waals surface area contributed by atoms with Crippen molar-refractivity contribution in [3.8, 4) is 0 Å². The standard InChI is InChI=1S/C17H20ClN3O3S/c1-12-9-24-10-13(2)21(12)16-8-14(19-17(18)20-16)11-25(22,23)15-6-4-3-5-7-15/h3-8,12-13H,9-11H2,1-2H3.